The van der Waals surface area contributed by atoms with Crippen molar-refractivity contribution in [3.05, 3.63) is 74.6 Å². The van der Waals surface area contributed by atoms with Gasteiger partial charge >= 0.3 is 0 Å². The average Bonchev–Trinajstić information content (AvgIpc) is 3.09. The third-order valence-electron chi connectivity index (χ3n) is 5.59. The van der Waals surface area contributed by atoms with Crippen molar-refractivity contribution in [1.29, 1.82) is 0 Å². The maximum absolute atomic E-state index is 13.4. The first-order valence-corrected chi connectivity index (χ1v) is 11.1. The van der Waals surface area contributed by atoms with Crippen molar-refractivity contribution in [1.82, 2.24) is 9.55 Å². The van der Waals surface area contributed by atoms with Crippen LogP contribution in [0.4, 0.5) is 5.69 Å². The van der Waals surface area contributed by atoms with E-state index in [1.807, 2.05) is 32.0 Å². The number of nitrogens with one attached hydrogen (secondary N) is 1. The Balaban J connectivity index is 1.71. The lowest BCUT2D eigenvalue weighted by atomic mass is 9.99. The molecule has 2 aromatic heterocycles. The van der Waals surface area contributed by atoms with Crippen LogP contribution in [0.25, 0.3) is 21.3 Å². The summed E-state index contributed by atoms with van der Waals surface area (Å²) in [6.45, 7) is 7.92. The van der Waals surface area contributed by atoms with Gasteiger partial charge in [0.1, 0.15) is 17.1 Å². The molecule has 0 aliphatic heterocycles. The van der Waals surface area contributed by atoms with Gasteiger partial charge in [-0.1, -0.05) is 24.3 Å². The van der Waals surface area contributed by atoms with Crippen molar-refractivity contribution in [3.63, 3.8) is 0 Å². The minimum atomic E-state index is -0.322. The molecule has 164 valence electrons. The molecule has 2 aromatic carbocycles. The van der Waals surface area contributed by atoms with E-state index in [2.05, 4.69) is 36.3 Å². The highest BCUT2D eigenvalue weighted by Gasteiger charge is 2.18. The number of methoxy groups -OCH3 is 1. The van der Waals surface area contributed by atoms with Crippen LogP contribution in [0, 0.1) is 27.7 Å². The maximum Gasteiger partial charge on any atom is 0.263 e. The van der Waals surface area contributed by atoms with Gasteiger partial charge in [-0.15, -0.1) is 11.3 Å². The van der Waals surface area contributed by atoms with Crippen LogP contribution in [0.5, 0.6) is 5.75 Å². The van der Waals surface area contributed by atoms with E-state index in [0.29, 0.717) is 21.7 Å². The van der Waals surface area contributed by atoms with E-state index in [-0.39, 0.29) is 18.0 Å². The molecule has 2 heterocycles. The first-order chi connectivity index (χ1) is 15.3. The highest BCUT2D eigenvalue weighted by molar-refractivity contribution is 7.19. The molecular formula is C25H25N3O3S. The Morgan fingerprint density at radius 2 is 1.88 bits per heavy atom. The number of nitrogens with zero attached hydrogens (tertiary/aromatic N) is 2. The Morgan fingerprint density at radius 3 is 2.59 bits per heavy atom. The zero-order valence-electron chi connectivity index (χ0n) is 18.8. The van der Waals surface area contributed by atoms with Gasteiger partial charge in [-0.25, -0.2) is 4.98 Å². The second kappa shape index (κ2) is 8.59. The molecule has 4 rings (SSSR count). The minimum absolute atomic E-state index is 0.139. The number of amides is 1. The van der Waals surface area contributed by atoms with Crippen molar-refractivity contribution in [3.8, 4) is 16.9 Å². The predicted octanol–water partition coefficient (Wildman–Crippen LogP) is 5.01. The highest BCUT2D eigenvalue weighted by atomic mass is 32.1. The van der Waals surface area contributed by atoms with Crippen LogP contribution in [0.1, 0.15) is 21.6 Å². The number of hydrogen-bond donors (Lipinski definition) is 1. The monoisotopic (exact) mass is 447 g/mol. The third kappa shape index (κ3) is 4.03. The number of anilines is 1. The summed E-state index contributed by atoms with van der Waals surface area (Å²) in [5, 5.41) is 3.40. The molecule has 0 saturated heterocycles. The number of ether oxygens (including phenoxy) is 1. The highest BCUT2D eigenvalue weighted by Crippen LogP contribution is 2.36. The summed E-state index contributed by atoms with van der Waals surface area (Å²) in [7, 11) is 1.55. The largest absolute Gasteiger partial charge is 0.495 e. The van der Waals surface area contributed by atoms with Crippen molar-refractivity contribution < 1.29 is 9.53 Å². The minimum Gasteiger partial charge on any atom is -0.495 e. The fourth-order valence-corrected chi connectivity index (χ4v) is 4.76. The maximum atomic E-state index is 13.4. The molecule has 0 spiro atoms. The molecule has 0 unspecified atom stereocenters. The number of carbonyl (C=O) groups excluding carboxylic acids is 1. The molecule has 7 heteroatoms. The van der Waals surface area contributed by atoms with Gasteiger partial charge in [0.2, 0.25) is 5.91 Å². The van der Waals surface area contributed by atoms with Crippen LogP contribution >= 0.6 is 11.3 Å². The number of rotatable bonds is 5. The Kier molecular flexibility index (Phi) is 5.84. The van der Waals surface area contributed by atoms with Crippen LogP contribution in [-0.2, 0) is 11.3 Å². The lowest BCUT2D eigenvalue weighted by Crippen LogP contribution is -2.28. The number of carbonyl (C=O) groups is 1. The molecule has 0 aliphatic carbocycles. The molecule has 0 atom stereocenters. The van der Waals surface area contributed by atoms with Gasteiger partial charge in [0.05, 0.1) is 24.5 Å². The molecule has 0 radical (unpaired) electrons. The van der Waals surface area contributed by atoms with Crippen LogP contribution < -0.4 is 15.6 Å². The smallest absolute Gasteiger partial charge is 0.263 e. The third-order valence-corrected chi connectivity index (χ3v) is 6.61. The Bertz CT molecular complexity index is 1400. The fraction of sp³-hybridized carbons (Fsp3) is 0.240. The number of aryl methyl sites for hydroxylation is 4. The van der Waals surface area contributed by atoms with Gasteiger partial charge in [0.15, 0.2) is 0 Å². The molecule has 1 amide bonds. The van der Waals surface area contributed by atoms with E-state index < -0.39 is 0 Å². The van der Waals surface area contributed by atoms with E-state index in [0.717, 1.165) is 27.1 Å². The first-order valence-electron chi connectivity index (χ1n) is 10.3. The molecule has 0 bridgehead atoms. The van der Waals surface area contributed by atoms with Gasteiger partial charge in [-0.3, -0.25) is 14.2 Å². The summed E-state index contributed by atoms with van der Waals surface area (Å²) in [5.41, 5.74) is 5.58. The Labute approximate surface area is 190 Å². The van der Waals surface area contributed by atoms with Crippen LogP contribution in [-0.4, -0.2) is 22.6 Å². The van der Waals surface area contributed by atoms with Crippen LogP contribution in [0.15, 0.2) is 47.5 Å². The summed E-state index contributed by atoms with van der Waals surface area (Å²) < 4.78 is 6.68. The summed E-state index contributed by atoms with van der Waals surface area (Å²) in [6.07, 6.45) is 1.44. The zero-order valence-corrected chi connectivity index (χ0v) is 19.6. The molecular weight excluding hydrogens is 422 g/mol. The van der Waals surface area contributed by atoms with Crippen molar-refractivity contribution in [2.24, 2.45) is 0 Å². The van der Waals surface area contributed by atoms with Crippen molar-refractivity contribution in [2.75, 3.05) is 12.4 Å². The number of hydrogen-bond acceptors (Lipinski definition) is 5. The second-order valence-corrected chi connectivity index (χ2v) is 9.15. The van der Waals surface area contributed by atoms with Crippen LogP contribution in [0.3, 0.4) is 0 Å². The Hall–Kier alpha value is -3.45. The number of thiophene rings is 1. The summed E-state index contributed by atoms with van der Waals surface area (Å²) in [5.74, 6) is 0.243. The lowest BCUT2D eigenvalue weighted by Gasteiger charge is -2.12. The van der Waals surface area contributed by atoms with Gasteiger partial charge in [-0.2, -0.15) is 0 Å². The fourth-order valence-electron chi connectivity index (χ4n) is 3.76. The van der Waals surface area contributed by atoms with Gasteiger partial charge in [0, 0.05) is 10.4 Å². The SMILES string of the molecule is COc1ccc(C)cc1NC(=O)Cn1cnc2sc(C)c(-c3ccc(C)c(C)c3)c2c1=O. The topological polar surface area (TPSA) is 73.2 Å². The molecule has 0 saturated carbocycles. The number of fused-ring (bicyclic) bond motifs is 1. The van der Waals surface area contributed by atoms with Gasteiger partial charge in [-0.05, 0) is 62.1 Å². The standard InChI is InChI=1S/C25H25N3O3S/c1-14-6-9-20(31-5)19(10-14)27-21(29)12-28-13-26-24-23(25(28)30)22(17(4)32-24)18-8-7-15(2)16(3)11-18/h6-11,13H,12H2,1-5H3,(H,27,29). The summed E-state index contributed by atoms with van der Waals surface area (Å²) >= 11 is 1.49. The average molecular weight is 448 g/mol. The normalized spacial score (nSPS) is 11.0. The Morgan fingerprint density at radius 1 is 1.09 bits per heavy atom. The van der Waals surface area contributed by atoms with Crippen LogP contribution in [0.2, 0.25) is 0 Å². The molecule has 0 aliphatic rings. The number of aromatic nitrogens is 2. The summed E-state index contributed by atoms with van der Waals surface area (Å²) in [6, 6.07) is 11.7. The van der Waals surface area contributed by atoms with Crippen molar-refractivity contribution in [2.45, 2.75) is 34.2 Å². The molecule has 0 fully saturated rings. The van der Waals surface area contributed by atoms with Gasteiger partial charge in [0.25, 0.3) is 5.56 Å². The lowest BCUT2D eigenvalue weighted by molar-refractivity contribution is -0.116. The molecule has 6 nitrogen and oxygen atoms in total. The van der Waals surface area contributed by atoms with E-state index >= 15 is 0 Å². The van der Waals surface area contributed by atoms with Crippen molar-refractivity contribution >= 4 is 33.1 Å². The first kappa shape index (κ1) is 21.8. The molecule has 1 N–H and O–H groups in total. The van der Waals surface area contributed by atoms with E-state index in [9.17, 15) is 9.59 Å². The quantitative estimate of drug-likeness (QED) is 0.467. The van der Waals surface area contributed by atoms with E-state index in [1.54, 1.807) is 13.2 Å². The summed E-state index contributed by atoms with van der Waals surface area (Å²) in [4.78, 5) is 32.3. The number of benzene rings is 2. The van der Waals surface area contributed by atoms with E-state index in [1.165, 1.54) is 27.8 Å². The zero-order chi connectivity index (χ0) is 23.0. The molecule has 32 heavy (non-hydrogen) atoms. The van der Waals surface area contributed by atoms with Gasteiger partial charge < -0.3 is 10.1 Å². The predicted molar refractivity (Wildman–Crippen MR) is 130 cm³/mol. The van der Waals surface area contributed by atoms with E-state index in [4.69, 9.17) is 4.74 Å². The molecule has 4 aromatic rings. The second-order valence-electron chi connectivity index (χ2n) is 7.94.